The highest BCUT2D eigenvalue weighted by atomic mass is 14.6. The van der Waals surface area contributed by atoms with Gasteiger partial charge >= 0.3 is 0 Å². The Hall–Kier alpha value is -0.260. The van der Waals surface area contributed by atoms with Gasteiger partial charge in [0.2, 0.25) is 0 Å². The number of allylic oxidation sites excluding steroid dienone is 2. The molecular weight excluding hydrogens is 360 g/mol. The first-order valence-electron chi connectivity index (χ1n) is 14.0. The Morgan fingerprint density at radius 3 is 2.50 bits per heavy atom. The van der Waals surface area contributed by atoms with E-state index in [0.717, 1.165) is 41.4 Å². The van der Waals surface area contributed by atoms with Crippen LogP contribution in [0, 0.1) is 52.3 Å². The molecule has 0 heteroatoms. The minimum Gasteiger partial charge on any atom is -0.0845 e. The molecule has 3 saturated carbocycles. The molecule has 0 bridgehead atoms. The van der Waals surface area contributed by atoms with Crippen molar-refractivity contribution in [3.63, 3.8) is 0 Å². The molecule has 0 aromatic rings. The summed E-state index contributed by atoms with van der Waals surface area (Å²) in [5.41, 5.74) is 3.09. The van der Waals surface area contributed by atoms with Crippen molar-refractivity contribution in [2.24, 2.45) is 52.3 Å². The van der Waals surface area contributed by atoms with Gasteiger partial charge in [0.25, 0.3) is 0 Å². The van der Waals surface area contributed by atoms with Gasteiger partial charge < -0.3 is 0 Å². The zero-order chi connectivity index (χ0) is 21.5. The van der Waals surface area contributed by atoms with Crippen molar-refractivity contribution in [2.45, 2.75) is 125 Å². The predicted octanol–water partition coefficient (Wildman–Crippen LogP) is 9.44. The molecule has 0 saturated heterocycles. The molecule has 0 amide bonds. The maximum absolute atomic E-state index is 2.79. The second kappa shape index (κ2) is 8.94. The molecule has 0 spiro atoms. The van der Waals surface area contributed by atoms with Crippen molar-refractivity contribution < 1.29 is 0 Å². The Labute approximate surface area is 189 Å². The van der Waals surface area contributed by atoms with Crippen molar-refractivity contribution >= 4 is 0 Å². The van der Waals surface area contributed by atoms with Gasteiger partial charge in [-0.2, -0.15) is 0 Å². The Morgan fingerprint density at radius 1 is 0.967 bits per heavy atom. The van der Waals surface area contributed by atoms with E-state index < -0.39 is 0 Å². The van der Waals surface area contributed by atoms with Crippen molar-refractivity contribution in [2.75, 3.05) is 0 Å². The number of rotatable bonds is 7. The lowest BCUT2D eigenvalue weighted by Crippen LogP contribution is -2.50. The first-order chi connectivity index (χ1) is 14.3. The predicted molar refractivity (Wildman–Crippen MR) is 131 cm³/mol. The molecule has 0 nitrogen and oxygen atoms in total. The van der Waals surface area contributed by atoms with Crippen LogP contribution in [0.1, 0.15) is 125 Å². The quantitative estimate of drug-likeness (QED) is 0.365. The Balaban J connectivity index is 1.47. The Kier molecular flexibility index (Phi) is 6.83. The van der Waals surface area contributed by atoms with Gasteiger partial charge in [-0.3, -0.25) is 0 Å². The Morgan fingerprint density at radius 2 is 1.77 bits per heavy atom. The average molecular weight is 413 g/mol. The molecular formula is C30H52. The van der Waals surface area contributed by atoms with Gasteiger partial charge in [-0.15, -0.1) is 0 Å². The molecule has 4 aliphatic carbocycles. The third-order valence-electron chi connectivity index (χ3n) is 11.1. The van der Waals surface area contributed by atoms with Crippen molar-refractivity contribution in [3.8, 4) is 0 Å². The van der Waals surface area contributed by atoms with E-state index in [2.05, 4.69) is 47.6 Å². The highest BCUT2D eigenvalue weighted by Gasteiger charge is 2.59. The molecule has 4 rings (SSSR count). The second-order valence-electron chi connectivity index (χ2n) is 13.2. The van der Waals surface area contributed by atoms with E-state index in [0.29, 0.717) is 10.8 Å². The molecule has 0 radical (unpaired) electrons. The Bertz CT molecular complexity index is 614. The third-order valence-corrected chi connectivity index (χ3v) is 11.1. The van der Waals surface area contributed by atoms with Crippen molar-refractivity contribution in [1.82, 2.24) is 0 Å². The van der Waals surface area contributed by atoms with E-state index in [9.17, 15) is 0 Å². The molecule has 0 aromatic heterocycles. The first kappa shape index (κ1) is 22.9. The number of hydrogen-bond acceptors (Lipinski definition) is 0. The molecule has 172 valence electrons. The van der Waals surface area contributed by atoms with E-state index in [1.54, 1.807) is 0 Å². The third kappa shape index (κ3) is 3.96. The van der Waals surface area contributed by atoms with Crippen molar-refractivity contribution in [1.29, 1.82) is 0 Å². The molecule has 0 aromatic carbocycles. The fourth-order valence-electron chi connectivity index (χ4n) is 9.42. The van der Waals surface area contributed by atoms with Crippen molar-refractivity contribution in [3.05, 3.63) is 11.6 Å². The van der Waals surface area contributed by atoms with Crippen LogP contribution in [0.25, 0.3) is 0 Å². The summed E-state index contributed by atoms with van der Waals surface area (Å²) < 4.78 is 0. The van der Waals surface area contributed by atoms with Crippen LogP contribution < -0.4 is 0 Å². The van der Waals surface area contributed by atoms with Gasteiger partial charge in [-0.1, -0.05) is 85.3 Å². The average Bonchev–Trinajstić information content (AvgIpc) is 3.05. The lowest BCUT2D eigenvalue weighted by Gasteiger charge is -2.58. The summed E-state index contributed by atoms with van der Waals surface area (Å²) in [5.74, 6) is 6.79. The van der Waals surface area contributed by atoms with E-state index in [-0.39, 0.29) is 0 Å². The first-order valence-corrected chi connectivity index (χ1v) is 14.0. The monoisotopic (exact) mass is 412 g/mol. The molecule has 3 fully saturated rings. The minimum absolute atomic E-state index is 0.551. The van der Waals surface area contributed by atoms with Crippen LogP contribution in [0.15, 0.2) is 11.6 Å². The van der Waals surface area contributed by atoms with E-state index in [4.69, 9.17) is 0 Å². The molecule has 0 heterocycles. The largest absolute Gasteiger partial charge is 0.0845 e. The van der Waals surface area contributed by atoms with Crippen LogP contribution in [-0.2, 0) is 0 Å². The summed E-state index contributed by atoms with van der Waals surface area (Å²) in [5, 5.41) is 0. The number of fused-ring (bicyclic) bond motifs is 5. The zero-order valence-corrected chi connectivity index (χ0v) is 21.3. The molecule has 0 N–H and O–H groups in total. The van der Waals surface area contributed by atoms with Crippen LogP contribution in [0.3, 0.4) is 0 Å². The van der Waals surface area contributed by atoms with Crippen LogP contribution in [0.4, 0.5) is 0 Å². The lowest BCUT2D eigenvalue weighted by molar-refractivity contribution is -0.0529. The normalized spacial score (nSPS) is 44.2. The van der Waals surface area contributed by atoms with Crippen LogP contribution >= 0.6 is 0 Å². The van der Waals surface area contributed by atoms with Gasteiger partial charge in [0.05, 0.1) is 0 Å². The highest BCUT2D eigenvalue weighted by Crippen LogP contribution is 2.67. The topological polar surface area (TPSA) is 0 Å². The van der Waals surface area contributed by atoms with Gasteiger partial charge in [0, 0.05) is 0 Å². The van der Waals surface area contributed by atoms with Gasteiger partial charge in [0.1, 0.15) is 0 Å². The van der Waals surface area contributed by atoms with Crippen LogP contribution in [0.5, 0.6) is 0 Å². The zero-order valence-electron chi connectivity index (χ0n) is 21.3. The second-order valence-corrected chi connectivity index (χ2v) is 13.2. The maximum Gasteiger partial charge on any atom is -0.00851 e. The van der Waals surface area contributed by atoms with Crippen LogP contribution in [-0.4, -0.2) is 0 Å². The number of hydrogen-bond donors (Lipinski definition) is 0. The van der Waals surface area contributed by atoms with E-state index in [1.807, 2.05) is 5.57 Å². The smallest absolute Gasteiger partial charge is 0.00851 e. The molecule has 4 aliphatic rings. The van der Waals surface area contributed by atoms with E-state index >= 15 is 0 Å². The summed E-state index contributed by atoms with van der Waals surface area (Å²) in [6, 6.07) is 0. The standard InChI is InChI=1S/C30H52/c1-7-9-23-16-18-29(5)24(20-23)12-13-25-27-15-14-26(22(4)11-8-10-21(2)3)30(27,6)19-17-28(25)29/h12,21-23,25-28H,7-11,13-20H2,1-6H3/t22-,23+,25?,26-,27?,28?,29+,30-/m1/s1. The minimum atomic E-state index is 0.551. The molecule has 0 aliphatic heterocycles. The summed E-state index contributed by atoms with van der Waals surface area (Å²) >= 11 is 0. The highest BCUT2D eigenvalue weighted by molar-refractivity contribution is 5.25. The van der Waals surface area contributed by atoms with Gasteiger partial charge in [0.15, 0.2) is 0 Å². The maximum atomic E-state index is 2.79. The fraction of sp³-hybridized carbons (Fsp3) is 0.933. The lowest BCUT2D eigenvalue weighted by atomic mass is 9.46. The summed E-state index contributed by atoms with van der Waals surface area (Å²) in [6.07, 6.45) is 21.9. The molecule has 3 unspecified atom stereocenters. The summed E-state index contributed by atoms with van der Waals surface area (Å²) in [6.45, 7) is 15.2. The van der Waals surface area contributed by atoms with Crippen LogP contribution in [0.2, 0.25) is 0 Å². The van der Waals surface area contributed by atoms with Gasteiger partial charge in [-0.25, -0.2) is 0 Å². The van der Waals surface area contributed by atoms with E-state index in [1.165, 1.54) is 83.5 Å². The van der Waals surface area contributed by atoms with Gasteiger partial charge in [-0.05, 0) is 104 Å². The SMILES string of the molecule is CCC[C@H]1CC[C@@]2(C)C(=CCC3C2CC[C@@]2(C)C3CC[C@@H]2[C@H](C)CCCC(C)C)C1. The fourth-order valence-corrected chi connectivity index (χ4v) is 9.42. The summed E-state index contributed by atoms with van der Waals surface area (Å²) in [4.78, 5) is 0. The molecule has 30 heavy (non-hydrogen) atoms. The summed E-state index contributed by atoms with van der Waals surface area (Å²) in [7, 11) is 0. The molecule has 8 atom stereocenters.